The summed E-state index contributed by atoms with van der Waals surface area (Å²) in [6.07, 6.45) is -2.59. The molecule has 0 saturated heterocycles. The van der Waals surface area contributed by atoms with E-state index in [4.69, 9.17) is 4.74 Å². The van der Waals surface area contributed by atoms with Gasteiger partial charge in [-0.25, -0.2) is 13.6 Å². The average molecular weight is 311 g/mol. The Labute approximate surface area is 125 Å². The van der Waals surface area contributed by atoms with Crippen LogP contribution in [-0.4, -0.2) is 34.2 Å². The van der Waals surface area contributed by atoms with E-state index in [2.05, 4.69) is 25.8 Å². The molecule has 2 aromatic heterocycles. The molecule has 0 aliphatic heterocycles. The topological polar surface area (TPSA) is 91.9 Å². The minimum atomic E-state index is -2.59. The number of amides is 2. The molecule has 0 fully saturated rings. The SMILES string of the molecule is Cc1n[nH]c(C)c1NC(=O)Nc1cccc(OCC(F)F)n1. The predicted molar refractivity (Wildman–Crippen MR) is 76.4 cm³/mol. The lowest BCUT2D eigenvalue weighted by Crippen LogP contribution is -2.21. The molecule has 2 amide bonds. The summed E-state index contributed by atoms with van der Waals surface area (Å²) < 4.78 is 28.9. The van der Waals surface area contributed by atoms with E-state index >= 15 is 0 Å². The molecule has 0 saturated carbocycles. The van der Waals surface area contributed by atoms with E-state index < -0.39 is 19.1 Å². The van der Waals surface area contributed by atoms with Crippen molar-refractivity contribution in [3.05, 3.63) is 29.6 Å². The standard InChI is InChI=1S/C13H15F2N5O2/c1-7-12(8(2)20-19-7)18-13(21)17-10-4-3-5-11(16-10)22-6-9(14)15/h3-5,9H,6H2,1-2H3,(H,19,20)(H2,16,17,18,21). The Bertz CT molecular complexity index is 640. The summed E-state index contributed by atoms with van der Waals surface area (Å²) in [4.78, 5) is 15.8. The number of aromatic nitrogens is 3. The third kappa shape index (κ3) is 4.14. The van der Waals surface area contributed by atoms with Gasteiger partial charge in [0.2, 0.25) is 5.88 Å². The molecule has 2 aromatic rings. The number of rotatable bonds is 5. The fraction of sp³-hybridized carbons (Fsp3) is 0.308. The number of nitrogens with one attached hydrogen (secondary N) is 3. The minimum Gasteiger partial charge on any atom is -0.472 e. The number of H-pyrrole nitrogens is 1. The summed E-state index contributed by atoms with van der Waals surface area (Å²) >= 11 is 0. The molecule has 0 bridgehead atoms. The molecule has 118 valence electrons. The third-order valence-corrected chi connectivity index (χ3v) is 2.69. The van der Waals surface area contributed by atoms with Gasteiger partial charge in [0.05, 0.1) is 17.1 Å². The van der Waals surface area contributed by atoms with Gasteiger partial charge < -0.3 is 10.1 Å². The molecule has 0 aliphatic rings. The van der Waals surface area contributed by atoms with E-state index in [1.54, 1.807) is 13.8 Å². The van der Waals surface area contributed by atoms with Gasteiger partial charge in [0.15, 0.2) is 6.61 Å². The molecule has 22 heavy (non-hydrogen) atoms. The quantitative estimate of drug-likeness (QED) is 0.791. The molecule has 2 heterocycles. The molecule has 9 heteroatoms. The van der Waals surface area contributed by atoms with Crippen LogP contribution in [0.2, 0.25) is 0 Å². The van der Waals surface area contributed by atoms with Gasteiger partial charge >= 0.3 is 6.03 Å². The number of aryl methyl sites for hydroxylation is 2. The minimum absolute atomic E-state index is 0.00812. The van der Waals surface area contributed by atoms with Gasteiger partial charge in [-0.15, -0.1) is 0 Å². The molecular weight excluding hydrogens is 296 g/mol. The van der Waals surface area contributed by atoms with Crippen LogP contribution in [0.25, 0.3) is 0 Å². The summed E-state index contributed by atoms with van der Waals surface area (Å²) in [5.74, 6) is 0.192. The Morgan fingerprint density at radius 2 is 2.14 bits per heavy atom. The number of aromatic amines is 1. The van der Waals surface area contributed by atoms with Crippen LogP contribution in [0.3, 0.4) is 0 Å². The smallest absolute Gasteiger partial charge is 0.324 e. The average Bonchev–Trinajstić information content (AvgIpc) is 2.77. The number of nitrogens with zero attached hydrogens (tertiary/aromatic N) is 2. The zero-order valence-corrected chi connectivity index (χ0v) is 12.0. The number of alkyl halides is 2. The highest BCUT2D eigenvalue weighted by Crippen LogP contribution is 2.17. The second-order valence-electron chi connectivity index (χ2n) is 4.45. The van der Waals surface area contributed by atoms with E-state index in [1.165, 1.54) is 18.2 Å². The second kappa shape index (κ2) is 6.83. The van der Waals surface area contributed by atoms with Gasteiger partial charge in [-0.1, -0.05) is 6.07 Å². The van der Waals surface area contributed by atoms with Gasteiger partial charge in [-0.05, 0) is 19.9 Å². The predicted octanol–water partition coefficient (Wildman–Crippen LogP) is 2.71. The van der Waals surface area contributed by atoms with Gasteiger partial charge in [-0.2, -0.15) is 10.1 Å². The summed E-state index contributed by atoms with van der Waals surface area (Å²) in [5.41, 5.74) is 1.94. The van der Waals surface area contributed by atoms with Crippen molar-refractivity contribution >= 4 is 17.5 Å². The number of carbonyl (C=O) groups is 1. The van der Waals surface area contributed by atoms with Crippen molar-refractivity contribution in [1.82, 2.24) is 15.2 Å². The zero-order valence-electron chi connectivity index (χ0n) is 12.0. The van der Waals surface area contributed by atoms with Crippen LogP contribution in [0.4, 0.5) is 25.1 Å². The number of hydrogen-bond acceptors (Lipinski definition) is 4. The lowest BCUT2D eigenvalue weighted by atomic mass is 10.3. The van der Waals surface area contributed by atoms with Crippen molar-refractivity contribution in [2.24, 2.45) is 0 Å². The fourth-order valence-corrected chi connectivity index (χ4v) is 1.71. The number of anilines is 2. The zero-order chi connectivity index (χ0) is 16.1. The highest BCUT2D eigenvalue weighted by atomic mass is 19.3. The maximum atomic E-state index is 12.1. The van der Waals surface area contributed by atoms with Crippen molar-refractivity contribution in [2.75, 3.05) is 17.2 Å². The number of hydrogen-bond donors (Lipinski definition) is 3. The highest BCUT2D eigenvalue weighted by Gasteiger charge is 2.11. The van der Waals surface area contributed by atoms with Gasteiger partial charge in [0.1, 0.15) is 5.82 Å². The Morgan fingerprint density at radius 1 is 1.36 bits per heavy atom. The van der Waals surface area contributed by atoms with E-state index in [1.807, 2.05) is 0 Å². The molecule has 3 N–H and O–H groups in total. The maximum absolute atomic E-state index is 12.1. The molecular formula is C13H15F2N5O2. The number of halogens is 2. The van der Waals surface area contributed by atoms with Gasteiger partial charge in [0.25, 0.3) is 6.43 Å². The van der Waals surface area contributed by atoms with Crippen molar-refractivity contribution in [2.45, 2.75) is 20.3 Å². The normalized spacial score (nSPS) is 10.6. The van der Waals surface area contributed by atoms with E-state index in [0.29, 0.717) is 11.4 Å². The Morgan fingerprint density at radius 3 is 2.77 bits per heavy atom. The number of carbonyl (C=O) groups excluding carboxylic acids is 1. The Kier molecular flexibility index (Phi) is 4.87. The largest absolute Gasteiger partial charge is 0.472 e. The third-order valence-electron chi connectivity index (χ3n) is 2.69. The number of urea groups is 1. The van der Waals surface area contributed by atoms with Crippen molar-refractivity contribution in [3.63, 3.8) is 0 Å². The van der Waals surface area contributed by atoms with E-state index in [0.717, 1.165) is 5.69 Å². The molecule has 0 aliphatic carbocycles. The van der Waals surface area contributed by atoms with Gasteiger partial charge in [-0.3, -0.25) is 10.4 Å². The van der Waals surface area contributed by atoms with Crippen LogP contribution in [0.1, 0.15) is 11.4 Å². The summed E-state index contributed by atoms with van der Waals surface area (Å²) in [6.45, 7) is 2.76. The molecule has 0 radical (unpaired) electrons. The van der Waals surface area contributed by atoms with Crippen molar-refractivity contribution in [3.8, 4) is 5.88 Å². The second-order valence-corrected chi connectivity index (χ2v) is 4.45. The molecule has 0 aromatic carbocycles. The van der Waals surface area contributed by atoms with E-state index in [9.17, 15) is 13.6 Å². The first-order valence-electron chi connectivity index (χ1n) is 6.43. The summed E-state index contributed by atoms with van der Waals surface area (Å²) in [5, 5.41) is 11.8. The lowest BCUT2D eigenvalue weighted by Gasteiger charge is -2.09. The van der Waals surface area contributed by atoms with Crippen LogP contribution in [0.15, 0.2) is 18.2 Å². The van der Waals surface area contributed by atoms with Crippen LogP contribution in [0.5, 0.6) is 5.88 Å². The fourth-order valence-electron chi connectivity index (χ4n) is 1.71. The first-order chi connectivity index (χ1) is 10.5. The molecule has 0 atom stereocenters. The first-order valence-corrected chi connectivity index (χ1v) is 6.43. The highest BCUT2D eigenvalue weighted by molar-refractivity contribution is 5.99. The number of pyridine rings is 1. The van der Waals surface area contributed by atoms with Crippen LogP contribution in [0, 0.1) is 13.8 Å². The van der Waals surface area contributed by atoms with Crippen LogP contribution in [-0.2, 0) is 0 Å². The Hall–Kier alpha value is -2.71. The van der Waals surface area contributed by atoms with E-state index in [-0.39, 0.29) is 11.7 Å². The molecule has 0 unspecified atom stereocenters. The summed E-state index contributed by atoms with van der Waals surface area (Å²) in [6, 6.07) is 3.96. The summed E-state index contributed by atoms with van der Waals surface area (Å²) in [7, 11) is 0. The maximum Gasteiger partial charge on any atom is 0.324 e. The molecule has 7 nitrogen and oxygen atoms in total. The first kappa shape index (κ1) is 15.7. The van der Waals surface area contributed by atoms with Crippen molar-refractivity contribution in [1.29, 1.82) is 0 Å². The molecule has 2 rings (SSSR count). The van der Waals surface area contributed by atoms with Crippen LogP contribution < -0.4 is 15.4 Å². The lowest BCUT2D eigenvalue weighted by molar-refractivity contribution is 0.0796. The molecule has 0 spiro atoms. The van der Waals surface area contributed by atoms with Gasteiger partial charge in [0, 0.05) is 6.07 Å². The van der Waals surface area contributed by atoms with Crippen LogP contribution >= 0.6 is 0 Å². The van der Waals surface area contributed by atoms with Crippen molar-refractivity contribution < 1.29 is 18.3 Å². The monoisotopic (exact) mass is 311 g/mol. The Balaban J connectivity index is 1.98. The number of ether oxygens (including phenoxy) is 1.